The van der Waals surface area contributed by atoms with Crippen molar-refractivity contribution in [1.29, 1.82) is 0 Å². The van der Waals surface area contributed by atoms with Crippen molar-refractivity contribution < 1.29 is 8.42 Å². The van der Waals surface area contributed by atoms with E-state index in [1.54, 1.807) is 29.3 Å². The second-order valence-corrected chi connectivity index (χ2v) is 8.67. The molecule has 1 N–H and O–H groups in total. The van der Waals surface area contributed by atoms with Crippen LogP contribution in [0.1, 0.15) is 5.56 Å². The molecule has 0 fully saturated rings. The number of hydrogen-bond donors (Lipinski definition) is 1. The quantitative estimate of drug-likeness (QED) is 0.891. The van der Waals surface area contributed by atoms with Crippen molar-refractivity contribution >= 4 is 48.8 Å². The van der Waals surface area contributed by atoms with E-state index in [0.29, 0.717) is 11.5 Å². The van der Waals surface area contributed by atoms with Gasteiger partial charge in [0.05, 0.1) is 9.47 Å². The molecule has 0 spiro atoms. The van der Waals surface area contributed by atoms with Crippen molar-refractivity contribution in [3.8, 4) is 0 Å². The van der Waals surface area contributed by atoms with Gasteiger partial charge in [-0.3, -0.25) is 4.72 Å². The molecule has 0 saturated heterocycles. The van der Waals surface area contributed by atoms with E-state index in [4.69, 9.17) is 0 Å². The topological polar surface area (TPSA) is 62.3 Å². The zero-order valence-electron chi connectivity index (χ0n) is 11.2. The van der Waals surface area contributed by atoms with E-state index in [0.717, 1.165) is 9.35 Å². The molecule has 0 aromatic carbocycles. The average molecular weight is 376 g/mol. The number of halogens is 1. The van der Waals surface area contributed by atoms with Crippen molar-refractivity contribution in [3.05, 3.63) is 33.7 Å². The van der Waals surface area contributed by atoms with Gasteiger partial charge in [-0.1, -0.05) is 0 Å². The zero-order chi connectivity index (χ0) is 14.9. The summed E-state index contributed by atoms with van der Waals surface area (Å²) >= 11 is 4.51. The Labute approximate surface area is 130 Å². The van der Waals surface area contributed by atoms with Crippen molar-refractivity contribution in [2.24, 2.45) is 0 Å². The maximum Gasteiger partial charge on any atom is 0.272 e. The highest BCUT2D eigenvalue weighted by Gasteiger charge is 2.20. The summed E-state index contributed by atoms with van der Waals surface area (Å²) < 4.78 is 28.3. The first-order chi connectivity index (χ1) is 9.31. The minimum absolute atomic E-state index is 0.261. The van der Waals surface area contributed by atoms with Gasteiger partial charge >= 0.3 is 0 Å². The maximum absolute atomic E-state index is 12.4. The largest absolute Gasteiger partial charge is 0.375 e. The predicted octanol–water partition coefficient (Wildman–Crippen LogP) is 3.08. The first-order valence-electron chi connectivity index (χ1n) is 5.72. The highest BCUT2D eigenvalue weighted by atomic mass is 79.9. The Morgan fingerprint density at radius 1 is 1.40 bits per heavy atom. The molecule has 5 nitrogen and oxygen atoms in total. The van der Waals surface area contributed by atoms with Crippen LogP contribution in [0.15, 0.2) is 32.4 Å². The van der Waals surface area contributed by atoms with E-state index in [1.807, 2.05) is 21.0 Å². The summed E-state index contributed by atoms with van der Waals surface area (Å²) in [6.45, 7) is 1.85. The van der Waals surface area contributed by atoms with E-state index >= 15 is 0 Å². The van der Waals surface area contributed by atoms with Gasteiger partial charge in [0.2, 0.25) is 0 Å². The van der Waals surface area contributed by atoms with Crippen LogP contribution in [-0.4, -0.2) is 27.5 Å². The van der Waals surface area contributed by atoms with Crippen molar-refractivity contribution in [3.63, 3.8) is 0 Å². The number of nitrogens with one attached hydrogen (secondary N) is 1. The van der Waals surface area contributed by atoms with Gasteiger partial charge < -0.3 is 4.90 Å². The fourth-order valence-electron chi connectivity index (χ4n) is 1.58. The number of aromatic nitrogens is 1. The van der Waals surface area contributed by atoms with E-state index in [2.05, 4.69) is 25.6 Å². The molecule has 0 saturated carbocycles. The standard InChI is InChI=1S/C12H14BrN3O2S2/c1-8-7-10(19-11(8)13)20(17,18)15-12-9(16(2)3)5-4-6-14-12/h4-7H,1-3H3,(H,14,15). The normalized spacial score (nSPS) is 11.4. The summed E-state index contributed by atoms with van der Waals surface area (Å²) in [5, 5.41) is 0. The number of hydrogen-bond acceptors (Lipinski definition) is 5. The molecule has 108 valence electrons. The second kappa shape index (κ2) is 5.71. The molecule has 20 heavy (non-hydrogen) atoms. The van der Waals surface area contributed by atoms with Crippen molar-refractivity contribution in [2.75, 3.05) is 23.7 Å². The van der Waals surface area contributed by atoms with E-state index in [9.17, 15) is 8.42 Å². The second-order valence-electron chi connectivity index (χ2n) is 4.39. The third-order valence-corrected chi connectivity index (χ3v) is 6.55. The van der Waals surface area contributed by atoms with E-state index in [1.165, 1.54) is 11.3 Å². The number of pyridine rings is 1. The Bertz CT molecular complexity index is 707. The fourth-order valence-corrected chi connectivity index (χ4v) is 4.83. The molecule has 2 aromatic rings. The Hall–Kier alpha value is -1.12. The molecule has 2 rings (SSSR count). The minimum Gasteiger partial charge on any atom is -0.375 e. The number of nitrogens with zero attached hydrogens (tertiary/aromatic N) is 2. The molecule has 0 amide bonds. The summed E-state index contributed by atoms with van der Waals surface area (Å²) in [6, 6.07) is 5.20. The smallest absolute Gasteiger partial charge is 0.272 e. The molecule has 0 aliphatic heterocycles. The number of thiophene rings is 1. The minimum atomic E-state index is -3.62. The molecular formula is C12H14BrN3O2S2. The zero-order valence-corrected chi connectivity index (χ0v) is 14.4. The van der Waals surface area contributed by atoms with Gasteiger partial charge in [-0.2, -0.15) is 0 Å². The van der Waals surface area contributed by atoms with Crippen LogP contribution in [0.25, 0.3) is 0 Å². The van der Waals surface area contributed by atoms with Gasteiger partial charge in [-0.25, -0.2) is 13.4 Å². The van der Waals surface area contributed by atoms with Crippen LogP contribution in [0.4, 0.5) is 11.5 Å². The van der Waals surface area contributed by atoms with Crippen LogP contribution in [-0.2, 0) is 10.0 Å². The summed E-state index contributed by atoms with van der Waals surface area (Å²) in [7, 11) is 0.0464. The van der Waals surface area contributed by atoms with Crippen LogP contribution in [0, 0.1) is 6.92 Å². The van der Waals surface area contributed by atoms with Crippen LogP contribution in [0.3, 0.4) is 0 Å². The number of anilines is 2. The third kappa shape index (κ3) is 3.13. The number of sulfonamides is 1. The highest BCUT2D eigenvalue weighted by molar-refractivity contribution is 9.11. The van der Waals surface area contributed by atoms with Crippen molar-refractivity contribution in [1.82, 2.24) is 4.98 Å². The van der Waals surface area contributed by atoms with Crippen LogP contribution >= 0.6 is 27.3 Å². The van der Waals surface area contributed by atoms with E-state index in [-0.39, 0.29) is 4.21 Å². The molecule has 0 atom stereocenters. The molecule has 0 bridgehead atoms. The number of rotatable bonds is 4. The first-order valence-corrected chi connectivity index (χ1v) is 8.81. The molecule has 0 unspecified atom stereocenters. The van der Waals surface area contributed by atoms with Crippen molar-refractivity contribution in [2.45, 2.75) is 11.1 Å². The van der Waals surface area contributed by atoms with E-state index < -0.39 is 10.0 Å². The Kier molecular flexibility index (Phi) is 4.36. The Morgan fingerprint density at radius 3 is 2.65 bits per heavy atom. The number of aryl methyl sites for hydroxylation is 1. The lowest BCUT2D eigenvalue weighted by Crippen LogP contribution is -2.17. The summed E-state index contributed by atoms with van der Waals surface area (Å²) in [5.74, 6) is 0.319. The first kappa shape index (κ1) is 15.3. The molecule has 0 radical (unpaired) electrons. The molecule has 2 heterocycles. The predicted molar refractivity (Wildman–Crippen MR) is 86.1 cm³/mol. The van der Waals surface area contributed by atoms with Gasteiger partial charge in [-0.05, 0) is 46.6 Å². The van der Waals surface area contributed by atoms with Crippen LogP contribution in [0.2, 0.25) is 0 Å². The summed E-state index contributed by atoms with van der Waals surface area (Å²) in [5.41, 5.74) is 1.60. The molecule has 8 heteroatoms. The lowest BCUT2D eigenvalue weighted by atomic mass is 10.4. The summed E-state index contributed by atoms with van der Waals surface area (Å²) in [4.78, 5) is 5.91. The highest BCUT2D eigenvalue weighted by Crippen LogP contribution is 2.32. The molecule has 0 aliphatic carbocycles. The lowest BCUT2D eigenvalue weighted by Gasteiger charge is -2.16. The van der Waals surface area contributed by atoms with Gasteiger partial charge in [0, 0.05) is 20.3 Å². The molecular weight excluding hydrogens is 362 g/mol. The molecule has 2 aromatic heterocycles. The van der Waals surface area contributed by atoms with Gasteiger partial charge in [0.15, 0.2) is 5.82 Å². The lowest BCUT2D eigenvalue weighted by molar-refractivity contribution is 0.603. The van der Waals surface area contributed by atoms with Gasteiger partial charge in [0.1, 0.15) is 4.21 Å². The Balaban J connectivity index is 2.38. The maximum atomic E-state index is 12.4. The Morgan fingerprint density at radius 2 is 2.10 bits per heavy atom. The monoisotopic (exact) mass is 375 g/mol. The SMILES string of the molecule is Cc1cc(S(=O)(=O)Nc2ncccc2N(C)C)sc1Br. The van der Waals surface area contributed by atoms with Crippen LogP contribution in [0.5, 0.6) is 0 Å². The fraction of sp³-hybridized carbons (Fsp3) is 0.250. The third-order valence-electron chi connectivity index (χ3n) is 2.60. The van der Waals surface area contributed by atoms with Crippen LogP contribution < -0.4 is 9.62 Å². The average Bonchev–Trinajstić information content (AvgIpc) is 2.70. The molecule has 0 aliphatic rings. The van der Waals surface area contributed by atoms with Gasteiger partial charge in [-0.15, -0.1) is 11.3 Å². The van der Waals surface area contributed by atoms with Gasteiger partial charge in [0.25, 0.3) is 10.0 Å². The summed E-state index contributed by atoms with van der Waals surface area (Å²) in [6.07, 6.45) is 1.56.